The van der Waals surface area contributed by atoms with Gasteiger partial charge in [-0.2, -0.15) is 11.8 Å². The Kier molecular flexibility index (Phi) is 6.87. The van der Waals surface area contributed by atoms with Crippen molar-refractivity contribution in [1.29, 1.82) is 0 Å². The van der Waals surface area contributed by atoms with Crippen molar-refractivity contribution in [1.82, 2.24) is 5.32 Å². The largest absolute Gasteiger partial charge is 0.389 e. The Hall–Kier alpha value is -1.07. The normalized spacial score (nSPS) is 11.9. The van der Waals surface area contributed by atoms with Crippen molar-refractivity contribution in [2.75, 3.05) is 11.5 Å². The Morgan fingerprint density at radius 1 is 1.47 bits per heavy atom. The monoisotopic (exact) mass is 296 g/mol. The van der Waals surface area contributed by atoms with Crippen molar-refractivity contribution in [2.24, 2.45) is 5.73 Å². The molecule has 1 rings (SSSR count). The zero-order chi connectivity index (χ0) is 14.3. The molecule has 1 amide bonds. The van der Waals surface area contributed by atoms with Crippen molar-refractivity contribution in [3.8, 4) is 0 Å². The van der Waals surface area contributed by atoms with Gasteiger partial charge in [0.2, 0.25) is 0 Å². The number of thiocarbonyl (C=S) groups is 1. The molecule has 1 aromatic carbocycles. The highest BCUT2D eigenvalue weighted by atomic mass is 32.2. The lowest BCUT2D eigenvalue weighted by atomic mass is 10.1. The molecule has 104 valence electrons. The molecule has 0 aliphatic carbocycles. The topological polar surface area (TPSA) is 55.1 Å². The average Bonchev–Trinajstić information content (AvgIpc) is 2.39. The van der Waals surface area contributed by atoms with Crippen molar-refractivity contribution < 1.29 is 4.79 Å². The minimum atomic E-state index is -0.0768. The maximum absolute atomic E-state index is 12.1. The maximum Gasteiger partial charge on any atom is 0.251 e. The standard InChI is InChI=1S/C14H20N2OS2/c1-3-19-8-7-10(2)16-14(17)12-6-4-5-11(9-12)13(15)18/h4-6,9-10H,3,7-8H2,1-2H3,(H2,15,18)(H,16,17). The molecule has 0 saturated heterocycles. The van der Waals surface area contributed by atoms with E-state index in [0.717, 1.165) is 23.5 Å². The summed E-state index contributed by atoms with van der Waals surface area (Å²) in [5.74, 6) is 2.09. The van der Waals surface area contributed by atoms with Crippen molar-refractivity contribution in [3.05, 3.63) is 35.4 Å². The second kappa shape index (κ2) is 8.17. The van der Waals surface area contributed by atoms with Crippen LogP contribution in [0.2, 0.25) is 0 Å². The highest BCUT2D eigenvalue weighted by molar-refractivity contribution is 7.99. The van der Waals surface area contributed by atoms with E-state index < -0.39 is 0 Å². The molecule has 0 radical (unpaired) electrons. The van der Waals surface area contributed by atoms with E-state index in [0.29, 0.717) is 10.6 Å². The van der Waals surface area contributed by atoms with Crippen LogP contribution < -0.4 is 11.1 Å². The quantitative estimate of drug-likeness (QED) is 0.600. The van der Waals surface area contributed by atoms with E-state index in [1.165, 1.54) is 0 Å². The van der Waals surface area contributed by atoms with E-state index in [1.54, 1.807) is 24.3 Å². The van der Waals surface area contributed by atoms with Crippen LogP contribution in [0.3, 0.4) is 0 Å². The molecule has 0 aromatic heterocycles. The Morgan fingerprint density at radius 2 is 2.16 bits per heavy atom. The Morgan fingerprint density at radius 3 is 2.79 bits per heavy atom. The number of carbonyl (C=O) groups is 1. The molecule has 19 heavy (non-hydrogen) atoms. The van der Waals surface area contributed by atoms with Crippen LogP contribution in [0.1, 0.15) is 36.2 Å². The number of thioether (sulfide) groups is 1. The van der Waals surface area contributed by atoms with E-state index >= 15 is 0 Å². The van der Waals surface area contributed by atoms with Gasteiger partial charge < -0.3 is 11.1 Å². The van der Waals surface area contributed by atoms with Crippen LogP contribution in [0.25, 0.3) is 0 Å². The van der Waals surface area contributed by atoms with Crippen LogP contribution in [0, 0.1) is 0 Å². The summed E-state index contributed by atoms with van der Waals surface area (Å²) >= 11 is 6.79. The summed E-state index contributed by atoms with van der Waals surface area (Å²) in [4.78, 5) is 12.4. The molecule has 0 spiro atoms. The number of nitrogens with two attached hydrogens (primary N) is 1. The zero-order valence-electron chi connectivity index (χ0n) is 11.3. The number of hydrogen-bond acceptors (Lipinski definition) is 3. The Labute approximate surface area is 124 Å². The first kappa shape index (κ1) is 16.0. The summed E-state index contributed by atoms with van der Waals surface area (Å²) in [6.07, 6.45) is 0.971. The zero-order valence-corrected chi connectivity index (χ0v) is 12.9. The lowest BCUT2D eigenvalue weighted by Crippen LogP contribution is -2.33. The van der Waals surface area contributed by atoms with Crippen LogP contribution in [0.4, 0.5) is 0 Å². The summed E-state index contributed by atoms with van der Waals surface area (Å²) < 4.78 is 0. The van der Waals surface area contributed by atoms with E-state index in [4.69, 9.17) is 18.0 Å². The third-order valence-corrected chi connectivity index (χ3v) is 3.85. The predicted molar refractivity (Wildman–Crippen MR) is 86.9 cm³/mol. The van der Waals surface area contributed by atoms with Gasteiger partial charge in [-0.1, -0.05) is 31.3 Å². The first-order chi connectivity index (χ1) is 9.04. The fourth-order valence-corrected chi connectivity index (χ4v) is 2.53. The van der Waals surface area contributed by atoms with E-state index in [2.05, 4.69) is 12.2 Å². The first-order valence-corrected chi connectivity index (χ1v) is 7.89. The lowest BCUT2D eigenvalue weighted by Gasteiger charge is -2.13. The van der Waals surface area contributed by atoms with Gasteiger partial charge >= 0.3 is 0 Å². The van der Waals surface area contributed by atoms with Gasteiger partial charge in [-0.3, -0.25) is 4.79 Å². The van der Waals surface area contributed by atoms with Crippen LogP contribution in [0.15, 0.2) is 24.3 Å². The minimum absolute atomic E-state index is 0.0768. The van der Waals surface area contributed by atoms with Gasteiger partial charge in [0, 0.05) is 17.2 Å². The third kappa shape index (κ3) is 5.61. The first-order valence-electron chi connectivity index (χ1n) is 6.33. The van der Waals surface area contributed by atoms with Gasteiger partial charge in [-0.25, -0.2) is 0 Å². The molecule has 0 fully saturated rings. The van der Waals surface area contributed by atoms with Crippen molar-refractivity contribution >= 4 is 34.9 Å². The molecule has 1 aromatic rings. The summed E-state index contributed by atoms with van der Waals surface area (Å²) in [5, 5.41) is 2.98. The van der Waals surface area contributed by atoms with Gasteiger partial charge in [0.25, 0.3) is 5.91 Å². The fourth-order valence-electron chi connectivity index (χ4n) is 1.60. The summed E-state index contributed by atoms with van der Waals surface area (Å²) in [6, 6.07) is 7.26. The summed E-state index contributed by atoms with van der Waals surface area (Å²) in [5.41, 5.74) is 6.88. The molecule has 3 nitrogen and oxygen atoms in total. The number of nitrogens with one attached hydrogen (secondary N) is 1. The molecule has 1 atom stereocenters. The highest BCUT2D eigenvalue weighted by Gasteiger charge is 2.10. The van der Waals surface area contributed by atoms with Crippen LogP contribution in [-0.4, -0.2) is 28.4 Å². The van der Waals surface area contributed by atoms with Gasteiger partial charge in [0.05, 0.1) is 0 Å². The molecule has 0 aliphatic heterocycles. The van der Waals surface area contributed by atoms with Crippen LogP contribution >= 0.6 is 24.0 Å². The van der Waals surface area contributed by atoms with Crippen LogP contribution in [0.5, 0.6) is 0 Å². The lowest BCUT2D eigenvalue weighted by molar-refractivity contribution is 0.0939. The van der Waals surface area contributed by atoms with Gasteiger partial charge in [0.1, 0.15) is 4.99 Å². The smallest absolute Gasteiger partial charge is 0.251 e. The van der Waals surface area contributed by atoms with E-state index in [9.17, 15) is 4.79 Å². The third-order valence-electron chi connectivity index (χ3n) is 2.69. The molecular weight excluding hydrogens is 276 g/mol. The number of carbonyl (C=O) groups excluding carboxylic acids is 1. The molecule has 5 heteroatoms. The van der Waals surface area contributed by atoms with Crippen molar-refractivity contribution in [3.63, 3.8) is 0 Å². The number of hydrogen-bond donors (Lipinski definition) is 2. The van der Waals surface area contributed by atoms with Gasteiger partial charge in [-0.15, -0.1) is 0 Å². The van der Waals surface area contributed by atoms with E-state index in [1.807, 2.05) is 18.7 Å². The fraction of sp³-hybridized carbons (Fsp3) is 0.429. The summed E-state index contributed by atoms with van der Waals surface area (Å²) in [7, 11) is 0. The Bertz CT molecular complexity index is 449. The maximum atomic E-state index is 12.1. The number of rotatable bonds is 7. The molecule has 0 heterocycles. The van der Waals surface area contributed by atoms with E-state index in [-0.39, 0.29) is 11.9 Å². The highest BCUT2D eigenvalue weighted by Crippen LogP contribution is 2.07. The predicted octanol–water partition coefficient (Wildman–Crippen LogP) is 2.58. The van der Waals surface area contributed by atoms with Gasteiger partial charge in [-0.05, 0) is 37.0 Å². The molecule has 1 unspecified atom stereocenters. The number of benzene rings is 1. The SMILES string of the molecule is CCSCCC(C)NC(=O)c1cccc(C(N)=S)c1. The number of amides is 1. The second-order valence-electron chi connectivity index (χ2n) is 4.31. The molecule has 0 bridgehead atoms. The molecule has 0 aliphatic rings. The van der Waals surface area contributed by atoms with Crippen LogP contribution in [-0.2, 0) is 0 Å². The molecule has 3 N–H and O–H groups in total. The van der Waals surface area contributed by atoms with Crippen molar-refractivity contribution in [2.45, 2.75) is 26.3 Å². The molecular formula is C14H20N2OS2. The summed E-state index contributed by atoms with van der Waals surface area (Å²) in [6.45, 7) is 4.15. The minimum Gasteiger partial charge on any atom is -0.389 e. The Balaban J connectivity index is 2.57. The van der Waals surface area contributed by atoms with Gasteiger partial charge in [0.15, 0.2) is 0 Å². The average molecular weight is 296 g/mol. The molecule has 0 saturated carbocycles. The second-order valence-corrected chi connectivity index (χ2v) is 6.14.